The molecule has 0 spiro atoms. The Labute approximate surface area is 224 Å². The predicted octanol–water partition coefficient (Wildman–Crippen LogP) is 3.02. The van der Waals surface area contributed by atoms with Crippen molar-refractivity contribution < 1.29 is 39.2 Å². The summed E-state index contributed by atoms with van der Waals surface area (Å²) in [5.41, 5.74) is -4.68. The predicted molar refractivity (Wildman–Crippen MR) is 137 cm³/mol. The summed E-state index contributed by atoms with van der Waals surface area (Å²) in [4.78, 5) is 39.0. The van der Waals surface area contributed by atoms with E-state index in [1.165, 1.54) is 13.3 Å². The molecule has 8 heteroatoms. The van der Waals surface area contributed by atoms with Gasteiger partial charge in [-0.15, -0.1) is 0 Å². The summed E-state index contributed by atoms with van der Waals surface area (Å²) < 4.78 is 12.3. The zero-order valence-corrected chi connectivity index (χ0v) is 23.2. The number of hydrogen-bond donors (Lipinski definition) is 3. The Kier molecular flexibility index (Phi) is 6.52. The van der Waals surface area contributed by atoms with Crippen molar-refractivity contribution >= 4 is 17.7 Å². The van der Waals surface area contributed by atoms with Gasteiger partial charge in [0.25, 0.3) is 0 Å². The van der Waals surface area contributed by atoms with Gasteiger partial charge in [-0.3, -0.25) is 14.4 Å². The molecule has 0 heterocycles. The molecule has 8 atom stereocenters. The van der Waals surface area contributed by atoms with E-state index < -0.39 is 63.7 Å². The molecule has 38 heavy (non-hydrogen) atoms. The van der Waals surface area contributed by atoms with Crippen molar-refractivity contribution in [1.29, 1.82) is 0 Å². The Morgan fingerprint density at radius 2 is 1.76 bits per heavy atom. The fourth-order valence-corrected chi connectivity index (χ4v) is 8.88. The molecule has 0 bridgehead atoms. The first-order valence-electron chi connectivity index (χ1n) is 14.1. The second-order valence-corrected chi connectivity index (χ2v) is 13.1. The zero-order valence-electron chi connectivity index (χ0n) is 23.2. The summed E-state index contributed by atoms with van der Waals surface area (Å²) in [7, 11) is 0. The van der Waals surface area contributed by atoms with Crippen LogP contribution < -0.4 is 0 Å². The van der Waals surface area contributed by atoms with Gasteiger partial charge >= 0.3 is 11.9 Å². The number of Topliss-reactive ketones (excluding diaryl/α,β-unsaturated/α-hetero) is 1. The molecule has 3 fully saturated rings. The molecule has 3 saturated carbocycles. The van der Waals surface area contributed by atoms with Crippen LogP contribution in [-0.4, -0.2) is 62.6 Å². The highest BCUT2D eigenvalue weighted by Gasteiger charge is 2.87. The molecule has 0 saturated heterocycles. The first kappa shape index (κ1) is 27.5. The minimum atomic E-state index is -1.92. The van der Waals surface area contributed by atoms with Crippen LogP contribution in [0.2, 0.25) is 0 Å². The van der Waals surface area contributed by atoms with Gasteiger partial charge < -0.3 is 24.8 Å². The number of fused-ring (bicyclic) bond motifs is 5. The van der Waals surface area contributed by atoms with Crippen LogP contribution in [0.1, 0.15) is 79.6 Å². The van der Waals surface area contributed by atoms with Crippen LogP contribution in [0.3, 0.4) is 0 Å². The first-order valence-corrected chi connectivity index (χ1v) is 14.1. The Balaban J connectivity index is 1.61. The van der Waals surface area contributed by atoms with Crippen LogP contribution in [0.5, 0.6) is 0 Å². The number of carbonyl (C=O) groups is 3. The van der Waals surface area contributed by atoms with Crippen LogP contribution in [-0.2, 0) is 23.9 Å². The largest absolute Gasteiger partial charge is 0.458 e. The van der Waals surface area contributed by atoms with Crippen molar-refractivity contribution in [2.75, 3.05) is 6.61 Å². The summed E-state index contributed by atoms with van der Waals surface area (Å²) in [6, 6.07) is 0. The number of aliphatic hydroxyl groups is 3. The number of ether oxygens (including phenoxy) is 2. The monoisotopic (exact) mass is 530 g/mol. The summed E-state index contributed by atoms with van der Waals surface area (Å²) in [6.45, 7) is 8.20. The minimum Gasteiger partial charge on any atom is -0.458 e. The highest BCUT2D eigenvalue weighted by molar-refractivity contribution is 6.04. The minimum absolute atomic E-state index is 0.105. The summed E-state index contributed by atoms with van der Waals surface area (Å²) >= 11 is 0. The Bertz CT molecular complexity index is 1100. The van der Waals surface area contributed by atoms with Crippen molar-refractivity contribution in [3.05, 3.63) is 23.3 Å². The van der Waals surface area contributed by atoms with E-state index in [0.717, 1.165) is 25.7 Å². The van der Waals surface area contributed by atoms with Crippen molar-refractivity contribution in [3.8, 4) is 0 Å². The van der Waals surface area contributed by atoms with E-state index in [2.05, 4.69) is 0 Å². The average molecular weight is 531 g/mol. The summed E-state index contributed by atoms with van der Waals surface area (Å²) in [6.07, 6.45) is 7.89. The van der Waals surface area contributed by atoms with Crippen molar-refractivity contribution in [2.24, 2.45) is 35.0 Å². The fraction of sp³-hybridized carbons (Fsp3) is 0.767. The topological polar surface area (TPSA) is 130 Å². The molecule has 0 aromatic heterocycles. The van der Waals surface area contributed by atoms with Crippen LogP contribution in [0.4, 0.5) is 0 Å². The zero-order chi connectivity index (χ0) is 27.8. The van der Waals surface area contributed by atoms with Gasteiger partial charge in [0, 0.05) is 48.9 Å². The SMILES string of the molecule is CC(=O)O[C@@]12[C@H](OC(=O)CC3CCCCC3)[C@@H](C)[C@@]3(O)[C@@H](C=C(CO)C[C@]4(O)C(=O)C(C)=C[C@@H]34)[C@H]1C2(C)C. The van der Waals surface area contributed by atoms with E-state index in [1.807, 2.05) is 13.8 Å². The molecule has 5 aliphatic carbocycles. The van der Waals surface area contributed by atoms with Gasteiger partial charge in [-0.05, 0) is 36.8 Å². The maximum absolute atomic E-state index is 13.3. The molecule has 5 rings (SSSR count). The number of aliphatic hydroxyl groups excluding tert-OH is 1. The van der Waals surface area contributed by atoms with E-state index >= 15 is 0 Å². The number of carbonyl (C=O) groups excluding carboxylic acids is 3. The molecular weight excluding hydrogens is 488 g/mol. The van der Waals surface area contributed by atoms with Crippen LogP contribution in [0.25, 0.3) is 0 Å². The number of esters is 2. The molecule has 0 aromatic carbocycles. The van der Waals surface area contributed by atoms with Crippen LogP contribution >= 0.6 is 0 Å². The first-order chi connectivity index (χ1) is 17.7. The van der Waals surface area contributed by atoms with E-state index in [-0.39, 0.29) is 31.3 Å². The Morgan fingerprint density at radius 3 is 2.37 bits per heavy atom. The lowest BCUT2D eigenvalue weighted by atomic mass is 9.59. The van der Waals surface area contributed by atoms with E-state index in [0.29, 0.717) is 11.1 Å². The van der Waals surface area contributed by atoms with Gasteiger partial charge in [-0.25, -0.2) is 0 Å². The smallest absolute Gasteiger partial charge is 0.306 e. The van der Waals surface area contributed by atoms with Gasteiger partial charge in [-0.1, -0.05) is 52.2 Å². The normalized spacial score (nSPS) is 43.6. The van der Waals surface area contributed by atoms with Crippen LogP contribution in [0.15, 0.2) is 23.3 Å². The number of hydrogen-bond acceptors (Lipinski definition) is 8. The highest BCUT2D eigenvalue weighted by Crippen LogP contribution is 2.77. The highest BCUT2D eigenvalue weighted by atomic mass is 16.6. The quantitative estimate of drug-likeness (QED) is 0.365. The maximum Gasteiger partial charge on any atom is 0.306 e. The van der Waals surface area contributed by atoms with Crippen LogP contribution in [0, 0.1) is 35.0 Å². The molecule has 0 aliphatic heterocycles. The summed E-state index contributed by atoms with van der Waals surface area (Å²) in [5.74, 6) is -3.99. The van der Waals surface area contributed by atoms with Crippen molar-refractivity contribution in [3.63, 3.8) is 0 Å². The van der Waals surface area contributed by atoms with Crippen molar-refractivity contribution in [1.82, 2.24) is 0 Å². The molecule has 210 valence electrons. The molecule has 0 aromatic rings. The standard InChI is InChI=1S/C30H42O8/c1-16-11-22-28(35,25(16)34)14-20(15-31)12-21-24-27(4,5)30(24,38-18(3)32)26(17(2)29(21,22)36)37-23(33)13-19-9-7-6-8-10-19/h11-12,17,19,21-22,24,26,31,35-36H,6-10,13-15H2,1-5H3/t17-,21+,22-,24+,26-,28-,29-,30-/m1/s1. The summed E-state index contributed by atoms with van der Waals surface area (Å²) in [5, 5.41) is 34.6. The maximum atomic E-state index is 13.3. The number of rotatable bonds is 5. The Morgan fingerprint density at radius 1 is 1.11 bits per heavy atom. The molecular formula is C30H42O8. The second-order valence-electron chi connectivity index (χ2n) is 13.1. The van der Waals surface area contributed by atoms with E-state index in [1.54, 1.807) is 26.0 Å². The fourth-order valence-electron chi connectivity index (χ4n) is 8.88. The Hall–Kier alpha value is -2.03. The molecule has 0 unspecified atom stereocenters. The van der Waals surface area contributed by atoms with Gasteiger partial charge in [0.15, 0.2) is 11.4 Å². The third kappa shape index (κ3) is 3.62. The van der Waals surface area contributed by atoms with E-state index in [9.17, 15) is 29.7 Å². The lowest BCUT2D eigenvalue weighted by Crippen LogP contribution is -2.66. The third-order valence-electron chi connectivity index (χ3n) is 10.7. The molecule has 8 nitrogen and oxygen atoms in total. The molecule has 5 aliphatic rings. The number of ketones is 1. The second kappa shape index (κ2) is 9.00. The van der Waals surface area contributed by atoms with Gasteiger partial charge in [0.1, 0.15) is 11.7 Å². The third-order valence-corrected chi connectivity index (χ3v) is 10.7. The average Bonchev–Trinajstić information content (AvgIpc) is 3.27. The molecule has 3 N–H and O–H groups in total. The van der Waals surface area contributed by atoms with Gasteiger partial charge in [-0.2, -0.15) is 0 Å². The van der Waals surface area contributed by atoms with E-state index in [4.69, 9.17) is 9.47 Å². The lowest BCUT2D eigenvalue weighted by molar-refractivity contribution is -0.228. The van der Waals surface area contributed by atoms with Gasteiger partial charge in [0.2, 0.25) is 0 Å². The molecule has 0 amide bonds. The lowest BCUT2D eigenvalue weighted by Gasteiger charge is -2.53. The molecule has 0 radical (unpaired) electrons. The van der Waals surface area contributed by atoms with Crippen molar-refractivity contribution in [2.45, 2.75) is 102 Å². The van der Waals surface area contributed by atoms with Gasteiger partial charge in [0.05, 0.1) is 12.2 Å².